The third-order valence-corrected chi connectivity index (χ3v) is 1.72. The summed E-state index contributed by atoms with van der Waals surface area (Å²) in [6.07, 6.45) is 1.37. The Kier molecular flexibility index (Phi) is 1.12. The molecule has 1 heterocycles. The summed E-state index contributed by atoms with van der Waals surface area (Å²) in [6.45, 7) is 1.79. The Balaban J connectivity index is 2.93. The number of aromatic nitrogens is 1. The molecule has 2 rings (SSSR count). The summed E-state index contributed by atoms with van der Waals surface area (Å²) in [6, 6.07) is 3.33. The smallest absolute Gasteiger partial charge is 0.181 e. The molecule has 0 unspecified atom stereocenters. The first kappa shape index (κ1) is 6.22. The van der Waals surface area contributed by atoms with E-state index >= 15 is 0 Å². The summed E-state index contributed by atoms with van der Waals surface area (Å²) in [5.41, 5.74) is 2.17. The van der Waals surface area contributed by atoms with Crippen molar-refractivity contribution in [3.05, 3.63) is 24.1 Å². The Bertz CT molecular complexity index is 392. The lowest BCUT2D eigenvalue weighted by atomic mass is 10.2. The van der Waals surface area contributed by atoms with Crippen molar-refractivity contribution >= 4 is 11.1 Å². The number of phenols is 1. The zero-order valence-electron chi connectivity index (χ0n) is 6.03. The van der Waals surface area contributed by atoms with E-state index in [0.29, 0.717) is 5.58 Å². The highest BCUT2D eigenvalue weighted by Gasteiger charge is 2.04. The van der Waals surface area contributed by atoms with Gasteiger partial charge in [0, 0.05) is 5.56 Å². The van der Waals surface area contributed by atoms with E-state index in [1.807, 2.05) is 0 Å². The van der Waals surface area contributed by atoms with Crippen molar-refractivity contribution in [2.45, 2.75) is 6.92 Å². The van der Waals surface area contributed by atoms with Crippen molar-refractivity contribution in [1.82, 2.24) is 4.98 Å². The van der Waals surface area contributed by atoms with E-state index < -0.39 is 0 Å². The third kappa shape index (κ3) is 0.774. The fourth-order valence-electron chi connectivity index (χ4n) is 1.05. The lowest BCUT2D eigenvalue weighted by Crippen LogP contribution is -1.75. The number of nitrogens with zero attached hydrogens (tertiary/aromatic N) is 1. The van der Waals surface area contributed by atoms with Crippen molar-refractivity contribution in [3.63, 3.8) is 0 Å². The van der Waals surface area contributed by atoms with E-state index in [1.54, 1.807) is 19.1 Å². The molecular formula is C8H7NO2. The normalized spacial score (nSPS) is 10.6. The van der Waals surface area contributed by atoms with Gasteiger partial charge in [-0.1, -0.05) is 0 Å². The van der Waals surface area contributed by atoms with Crippen molar-refractivity contribution in [1.29, 1.82) is 0 Å². The van der Waals surface area contributed by atoms with Crippen LogP contribution in [0.4, 0.5) is 0 Å². The van der Waals surface area contributed by atoms with E-state index in [2.05, 4.69) is 4.98 Å². The van der Waals surface area contributed by atoms with Gasteiger partial charge in [0.1, 0.15) is 11.3 Å². The lowest BCUT2D eigenvalue weighted by molar-refractivity contribution is 0.470. The Hall–Kier alpha value is -1.51. The first-order chi connectivity index (χ1) is 5.29. The summed E-state index contributed by atoms with van der Waals surface area (Å²) >= 11 is 0. The maximum atomic E-state index is 9.25. The van der Waals surface area contributed by atoms with Crippen LogP contribution in [-0.4, -0.2) is 10.1 Å². The van der Waals surface area contributed by atoms with Crippen LogP contribution in [0.1, 0.15) is 5.56 Å². The molecule has 0 fully saturated rings. The quantitative estimate of drug-likeness (QED) is 0.621. The average molecular weight is 149 g/mol. The summed E-state index contributed by atoms with van der Waals surface area (Å²) in [4.78, 5) is 3.94. The van der Waals surface area contributed by atoms with Gasteiger partial charge in [0.2, 0.25) is 0 Å². The number of phenolic OH excluding ortho intramolecular Hbond substituents is 1. The molecule has 0 saturated heterocycles. The minimum atomic E-state index is 0.245. The van der Waals surface area contributed by atoms with Crippen molar-refractivity contribution in [2.24, 2.45) is 0 Å². The van der Waals surface area contributed by atoms with Crippen LogP contribution >= 0.6 is 0 Å². The van der Waals surface area contributed by atoms with Gasteiger partial charge in [-0.15, -0.1) is 0 Å². The first-order valence-electron chi connectivity index (χ1n) is 3.31. The van der Waals surface area contributed by atoms with Gasteiger partial charge in [-0.3, -0.25) is 0 Å². The molecule has 0 saturated carbocycles. The Morgan fingerprint density at radius 1 is 1.45 bits per heavy atom. The molecule has 1 aromatic heterocycles. The number of rotatable bonds is 0. The molecular weight excluding hydrogens is 142 g/mol. The molecule has 0 aliphatic heterocycles. The number of aryl methyl sites for hydroxylation is 1. The maximum absolute atomic E-state index is 9.25. The van der Waals surface area contributed by atoms with Crippen LogP contribution in [0.3, 0.4) is 0 Å². The molecule has 1 aromatic carbocycles. The van der Waals surface area contributed by atoms with Crippen LogP contribution in [-0.2, 0) is 0 Å². The summed E-state index contributed by atoms with van der Waals surface area (Å²) in [5.74, 6) is 0.245. The number of fused-ring (bicyclic) bond motifs is 1. The van der Waals surface area contributed by atoms with Gasteiger partial charge in [-0.05, 0) is 19.1 Å². The third-order valence-electron chi connectivity index (χ3n) is 1.72. The van der Waals surface area contributed by atoms with Gasteiger partial charge < -0.3 is 9.52 Å². The lowest BCUT2D eigenvalue weighted by Gasteiger charge is -1.95. The predicted octanol–water partition coefficient (Wildman–Crippen LogP) is 1.84. The molecule has 2 aromatic rings. The van der Waals surface area contributed by atoms with Crippen molar-refractivity contribution in [3.8, 4) is 5.75 Å². The molecule has 0 radical (unpaired) electrons. The number of hydrogen-bond donors (Lipinski definition) is 1. The standard InChI is InChI=1S/C8H7NO2/c1-5-7(10)3-2-6-8(5)11-4-9-6/h2-4,10H,1H3. The Labute approximate surface area is 63.3 Å². The molecule has 3 nitrogen and oxygen atoms in total. The fraction of sp³-hybridized carbons (Fsp3) is 0.125. The minimum absolute atomic E-state index is 0.245. The second kappa shape index (κ2) is 1.99. The molecule has 3 heteroatoms. The molecule has 0 bridgehead atoms. The predicted molar refractivity (Wildman–Crippen MR) is 40.4 cm³/mol. The highest BCUT2D eigenvalue weighted by atomic mass is 16.3. The van der Waals surface area contributed by atoms with Gasteiger partial charge in [0.05, 0.1) is 0 Å². The van der Waals surface area contributed by atoms with Crippen LogP contribution in [0.15, 0.2) is 22.9 Å². The SMILES string of the molecule is Cc1c(O)ccc2ncoc12. The molecule has 0 amide bonds. The van der Waals surface area contributed by atoms with Gasteiger partial charge in [0.25, 0.3) is 0 Å². The van der Waals surface area contributed by atoms with Crippen LogP contribution in [0.25, 0.3) is 11.1 Å². The number of benzene rings is 1. The van der Waals surface area contributed by atoms with Crippen LogP contribution < -0.4 is 0 Å². The Morgan fingerprint density at radius 3 is 3.09 bits per heavy atom. The monoisotopic (exact) mass is 149 g/mol. The highest BCUT2D eigenvalue weighted by molar-refractivity contribution is 5.78. The number of hydrogen-bond acceptors (Lipinski definition) is 3. The van der Waals surface area contributed by atoms with Gasteiger partial charge in [0.15, 0.2) is 12.0 Å². The minimum Gasteiger partial charge on any atom is -0.508 e. The van der Waals surface area contributed by atoms with Gasteiger partial charge in [-0.2, -0.15) is 0 Å². The zero-order valence-corrected chi connectivity index (χ0v) is 6.03. The molecule has 1 N–H and O–H groups in total. The molecule has 0 atom stereocenters. The summed E-state index contributed by atoms with van der Waals surface area (Å²) in [7, 11) is 0. The molecule has 0 spiro atoms. The zero-order chi connectivity index (χ0) is 7.84. The number of aromatic hydroxyl groups is 1. The van der Waals surface area contributed by atoms with E-state index in [0.717, 1.165) is 11.1 Å². The van der Waals surface area contributed by atoms with Crippen LogP contribution in [0.5, 0.6) is 5.75 Å². The Morgan fingerprint density at radius 2 is 2.27 bits per heavy atom. The van der Waals surface area contributed by atoms with E-state index in [1.165, 1.54) is 6.39 Å². The first-order valence-corrected chi connectivity index (χ1v) is 3.31. The van der Waals surface area contributed by atoms with Gasteiger partial charge in [-0.25, -0.2) is 4.98 Å². The topological polar surface area (TPSA) is 46.3 Å². The summed E-state index contributed by atoms with van der Waals surface area (Å²) in [5, 5.41) is 9.25. The molecule has 11 heavy (non-hydrogen) atoms. The second-order valence-electron chi connectivity index (χ2n) is 2.41. The maximum Gasteiger partial charge on any atom is 0.181 e. The van der Waals surface area contributed by atoms with Gasteiger partial charge >= 0.3 is 0 Å². The highest BCUT2D eigenvalue weighted by Crippen LogP contribution is 2.24. The second-order valence-corrected chi connectivity index (χ2v) is 2.41. The van der Waals surface area contributed by atoms with E-state index in [-0.39, 0.29) is 5.75 Å². The van der Waals surface area contributed by atoms with Crippen LogP contribution in [0, 0.1) is 6.92 Å². The summed E-state index contributed by atoms with van der Waals surface area (Å²) < 4.78 is 5.06. The molecule has 56 valence electrons. The molecule has 0 aliphatic carbocycles. The van der Waals surface area contributed by atoms with Crippen molar-refractivity contribution < 1.29 is 9.52 Å². The largest absolute Gasteiger partial charge is 0.508 e. The number of oxazole rings is 1. The van der Waals surface area contributed by atoms with E-state index in [4.69, 9.17) is 4.42 Å². The van der Waals surface area contributed by atoms with Crippen molar-refractivity contribution in [2.75, 3.05) is 0 Å². The average Bonchev–Trinajstić information content (AvgIpc) is 2.45. The molecule has 0 aliphatic rings. The van der Waals surface area contributed by atoms with Crippen LogP contribution in [0.2, 0.25) is 0 Å². The van der Waals surface area contributed by atoms with E-state index in [9.17, 15) is 5.11 Å². The fourth-order valence-corrected chi connectivity index (χ4v) is 1.05.